The lowest BCUT2D eigenvalue weighted by Crippen LogP contribution is -2.28. The molecule has 1 saturated carbocycles. The fraction of sp³-hybridized carbons (Fsp3) is 0.812. The highest BCUT2D eigenvalue weighted by Crippen LogP contribution is 2.32. The summed E-state index contributed by atoms with van der Waals surface area (Å²) in [7, 11) is 2.23. The number of hydrogen-bond donors (Lipinski definition) is 1. The summed E-state index contributed by atoms with van der Waals surface area (Å²) in [6.07, 6.45) is 8.91. The molecule has 0 aliphatic heterocycles. The minimum Gasteiger partial charge on any atom is -0.348 e. The van der Waals surface area contributed by atoms with Crippen LogP contribution in [0.5, 0.6) is 0 Å². The van der Waals surface area contributed by atoms with Crippen LogP contribution in [-0.4, -0.2) is 24.6 Å². The largest absolute Gasteiger partial charge is 0.348 e. The van der Waals surface area contributed by atoms with Crippen LogP contribution < -0.4 is 10.2 Å². The molecule has 2 rings (SSSR count). The van der Waals surface area contributed by atoms with Gasteiger partial charge in [-0.25, -0.2) is 4.98 Å². The standard InChI is InChI=1S/C16H29N3S/c1-4-8-14-15(12-17-11-5-2)20-16(18-14)19(3)13-9-6-7-10-13/h13,17H,4-12H2,1-3H3. The number of aromatic nitrogens is 1. The molecule has 1 aliphatic rings. The number of hydrogen-bond acceptors (Lipinski definition) is 4. The van der Waals surface area contributed by atoms with Gasteiger partial charge in [-0.3, -0.25) is 0 Å². The second kappa shape index (κ2) is 7.99. The molecule has 0 atom stereocenters. The first-order chi connectivity index (χ1) is 9.76. The third-order valence-corrected chi connectivity index (χ3v) is 5.33. The van der Waals surface area contributed by atoms with Crippen molar-refractivity contribution in [2.75, 3.05) is 18.5 Å². The summed E-state index contributed by atoms with van der Waals surface area (Å²) in [5.74, 6) is 0. The van der Waals surface area contributed by atoms with Crippen molar-refractivity contribution < 1.29 is 0 Å². The Labute approximate surface area is 127 Å². The van der Waals surface area contributed by atoms with E-state index in [1.54, 1.807) is 0 Å². The maximum Gasteiger partial charge on any atom is 0.185 e. The van der Waals surface area contributed by atoms with Crippen LogP contribution in [0.3, 0.4) is 0 Å². The summed E-state index contributed by atoms with van der Waals surface area (Å²) in [5, 5.41) is 4.75. The molecule has 4 heteroatoms. The monoisotopic (exact) mass is 295 g/mol. The van der Waals surface area contributed by atoms with Crippen molar-refractivity contribution in [1.82, 2.24) is 10.3 Å². The summed E-state index contributed by atoms with van der Waals surface area (Å²) < 4.78 is 0. The maximum atomic E-state index is 4.93. The topological polar surface area (TPSA) is 28.2 Å². The molecule has 20 heavy (non-hydrogen) atoms. The van der Waals surface area contributed by atoms with E-state index in [2.05, 4.69) is 31.1 Å². The second-order valence-corrected chi connectivity index (χ2v) is 6.90. The lowest BCUT2D eigenvalue weighted by Gasteiger charge is -2.23. The summed E-state index contributed by atoms with van der Waals surface area (Å²) >= 11 is 1.90. The normalized spacial score (nSPS) is 15.9. The SMILES string of the molecule is CCCNCc1sc(N(C)C2CCCC2)nc1CCC. The van der Waals surface area contributed by atoms with Crippen LogP contribution >= 0.6 is 11.3 Å². The van der Waals surface area contributed by atoms with Gasteiger partial charge in [0.15, 0.2) is 5.13 Å². The average molecular weight is 295 g/mol. The fourth-order valence-corrected chi connectivity index (χ4v) is 4.03. The second-order valence-electron chi connectivity index (χ2n) is 5.84. The van der Waals surface area contributed by atoms with E-state index in [4.69, 9.17) is 4.98 Å². The van der Waals surface area contributed by atoms with Gasteiger partial charge in [-0.05, 0) is 32.2 Å². The third-order valence-electron chi connectivity index (χ3n) is 4.14. The van der Waals surface area contributed by atoms with Crippen molar-refractivity contribution in [1.29, 1.82) is 0 Å². The molecule has 0 radical (unpaired) electrons. The van der Waals surface area contributed by atoms with Crippen molar-refractivity contribution in [2.45, 2.75) is 71.4 Å². The highest BCUT2D eigenvalue weighted by molar-refractivity contribution is 7.15. The molecular weight excluding hydrogens is 266 g/mol. The number of rotatable bonds is 8. The number of anilines is 1. The first-order valence-corrected chi connectivity index (χ1v) is 9.00. The van der Waals surface area contributed by atoms with Crippen molar-refractivity contribution in [3.63, 3.8) is 0 Å². The molecule has 1 N–H and O–H groups in total. The molecule has 0 saturated heterocycles. The van der Waals surface area contributed by atoms with Gasteiger partial charge in [0.25, 0.3) is 0 Å². The van der Waals surface area contributed by atoms with Crippen LogP contribution in [-0.2, 0) is 13.0 Å². The lowest BCUT2D eigenvalue weighted by atomic mass is 10.2. The van der Waals surface area contributed by atoms with E-state index < -0.39 is 0 Å². The van der Waals surface area contributed by atoms with Crippen molar-refractivity contribution >= 4 is 16.5 Å². The van der Waals surface area contributed by atoms with Gasteiger partial charge in [0, 0.05) is 24.5 Å². The zero-order valence-electron chi connectivity index (χ0n) is 13.2. The average Bonchev–Trinajstić information content (AvgIpc) is 3.09. The molecular formula is C16H29N3S. The molecule has 0 bridgehead atoms. The van der Waals surface area contributed by atoms with Crippen LogP contribution in [0.25, 0.3) is 0 Å². The molecule has 0 spiro atoms. The van der Waals surface area contributed by atoms with E-state index in [-0.39, 0.29) is 0 Å². The molecule has 0 aromatic carbocycles. The van der Waals surface area contributed by atoms with E-state index >= 15 is 0 Å². The molecule has 114 valence electrons. The van der Waals surface area contributed by atoms with E-state index in [1.807, 2.05) is 11.3 Å². The highest BCUT2D eigenvalue weighted by Gasteiger charge is 2.23. The molecule has 1 aromatic heterocycles. The molecule has 1 fully saturated rings. The van der Waals surface area contributed by atoms with Gasteiger partial charge in [0.2, 0.25) is 0 Å². The first-order valence-electron chi connectivity index (χ1n) is 8.18. The van der Waals surface area contributed by atoms with Crippen molar-refractivity contribution in [3.05, 3.63) is 10.6 Å². The minimum absolute atomic E-state index is 0.715. The Morgan fingerprint density at radius 2 is 2.00 bits per heavy atom. The zero-order chi connectivity index (χ0) is 14.4. The summed E-state index contributed by atoms with van der Waals surface area (Å²) in [5.41, 5.74) is 1.32. The van der Waals surface area contributed by atoms with E-state index in [9.17, 15) is 0 Å². The van der Waals surface area contributed by atoms with Crippen LogP contribution in [0.15, 0.2) is 0 Å². The Morgan fingerprint density at radius 3 is 2.65 bits per heavy atom. The molecule has 1 heterocycles. The number of nitrogens with zero attached hydrogens (tertiary/aromatic N) is 2. The summed E-state index contributed by atoms with van der Waals surface area (Å²) in [4.78, 5) is 8.80. The number of nitrogens with one attached hydrogen (secondary N) is 1. The van der Waals surface area contributed by atoms with E-state index in [0.29, 0.717) is 6.04 Å². The molecule has 0 amide bonds. The van der Waals surface area contributed by atoms with Crippen molar-refractivity contribution in [3.8, 4) is 0 Å². The summed E-state index contributed by atoms with van der Waals surface area (Å²) in [6, 6.07) is 0.715. The van der Waals surface area contributed by atoms with Gasteiger partial charge in [-0.15, -0.1) is 11.3 Å². The Morgan fingerprint density at radius 1 is 1.25 bits per heavy atom. The fourth-order valence-electron chi connectivity index (χ4n) is 2.92. The van der Waals surface area contributed by atoms with E-state index in [1.165, 1.54) is 54.2 Å². The smallest absolute Gasteiger partial charge is 0.185 e. The Hall–Kier alpha value is -0.610. The van der Waals surface area contributed by atoms with Gasteiger partial charge >= 0.3 is 0 Å². The third kappa shape index (κ3) is 3.95. The Bertz CT molecular complexity index is 396. The van der Waals surface area contributed by atoms with Gasteiger partial charge < -0.3 is 10.2 Å². The van der Waals surface area contributed by atoms with Crippen LogP contribution in [0.4, 0.5) is 5.13 Å². The summed E-state index contributed by atoms with van der Waals surface area (Å²) in [6.45, 7) is 6.53. The maximum absolute atomic E-state index is 4.93. The van der Waals surface area contributed by atoms with Gasteiger partial charge in [-0.1, -0.05) is 33.1 Å². The lowest BCUT2D eigenvalue weighted by molar-refractivity contribution is 0.650. The Kier molecular flexibility index (Phi) is 6.30. The molecule has 1 aliphatic carbocycles. The van der Waals surface area contributed by atoms with Gasteiger partial charge in [0.1, 0.15) is 0 Å². The van der Waals surface area contributed by atoms with Gasteiger partial charge in [0.05, 0.1) is 5.69 Å². The highest BCUT2D eigenvalue weighted by atomic mass is 32.1. The zero-order valence-corrected chi connectivity index (χ0v) is 14.1. The molecule has 1 aromatic rings. The van der Waals surface area contributed by atoms with Crippen LogP contribution in [0, 0.1) is 0 Å². The minimum atomic E-state index is 0.715. The molecule has 3 nitrogen and oxygen atoms in total. The van der Waals surface area contributed by atoms with Crippen molar-refractivity contribution in [2.24, 2.45) is 0 Å². The Balaban J connectivity index is 2.06. The van der Waals surface area contributed by atoms with Crippen LogP contribution in [0.1, 0.15) is 62.9 Å². The quantitative estimate of drug-likeness (QED) is 0.735. The number of thiazole rings is 1. The predicted molar refractivity (Wildman–Crippen MR) is 88.8 cm³/mol. The first kappa shape index (κ1) is 15.8. The molecule has 0 unspecified atom stereocenters. The predicted octanol–water partition coefficient (Wildman–Crippen LogP) is 3.97. The van der Waals surface area contributed by atoms with Crippen LogP contribution in [0.2, 0.25) is 0 Å². The van der Waals surface area contributed by atoms with E-state index in [0.717, 1.165) is 19.5 Å². The van der Waals surface area contributed by atoms with Gasteiger partial charge in [-0.2, -0.15) is 0 Å². The number of aryl methyl sites for hydroxylation is 1.